The van der Waals surface area contributed by atoms with Crippen LogP contribution in [0.1, 0.15) is 39.0 Å². The van der Waals surface area contributed by atoms with Crippen molar-refractivity contribution in [2.45, 2.75) is 50.3 Å². The van der Waals surface area contributed by atoms with Crippen LogP contribution in [0.3, 0.4) is 0 Å². The lowest BCUT2D eigenvalue weighted by molar-refractivity contribution is -0.138. The molecule has 2 rings (SSSR count). The topological polar surface area (TPSA) is 60.9 Å². The van der Waals surface area contributed by atoms with Crippen molar-refractivity contribution in [3.63, 3.8) is 0 Å². The molecule has 1 N–H and O–H groups in total. The highest BCUT2D eigenvalue weighted by molar-refractivity contribution is 8.00. The van der Waals surface area contributed by atoms with Gasteiger partial charge in [-0.1, -0.05) is 19.8 Å². The van der Waals surface area contributed by atoms with E-state index in [-0.39, 0.29) is 18.6 Å². The van der Waals surface area contributed by atoms with Crippen molar-refractivity contribution < 1.29 is 14.7 Å². The highest BCUT2D eigenvalue weighted by Gasteiger charge is 2.33. The fourth-order valence-corrected chi connectivity index (χ4v) is 4.22. The summed E-state index contributed by atoms with van der Waals surface area (Å²) >= 11 is 1.91. The highest BCUT2D eigenvalue weighted by Crippen LogP contribution is 2.26. The van der Waals surface area contributed by atoms with Gasteiger partial charge in [0.25, 0.3) is 0 Å². The number of carboxylic acid groups (broad SMARTS) is 1. The number of carbonyl (C=O) groups excluding carboxylic acids is 1. The van der Waals surface area contributed by atoms with Crippen LogP contribution in [0.4, 0.5) is 4.79 Å². The molecule has 0 spiro atoms. The zero-order valence-corrected chi connectivity index (χ0v) is 12.9. The zero-order chi connectivity index (χ0) is 14.5. The minimum absolute atomic E-state index is 0.0712. The fourth-order valence-electron chi connectivity index (χ4n) is 3.04. The van der Waals surface area contributed by atoms with Crippen molar-refractivity contribution in [2.75, 3.05) is 25.4 Å². The number of rotatable bonds is 4. The normalized spacial score (nSPS) is 23.9. The molecule has 1 saturated heterocycles. The second kappa shape index (κ2) is 7.20. The first-order valence-electron chi connectivity index (χ1n) is 7.50. The standard InChI is InChI=1S/C14H24N2O3S/c1-2-12-9-15(7-8-20-12)14(19)16(10-13(17)18)11-5-3-4-6-11/h11-12H,2-10H2,1H3,(H,17,18). The number of nitrogens with zero attached hydrogens (tertiary/aromatic N) is 2. The summed E-state index contributed by atoms with van der Waals surface area (Å²) in [6, 6.07) is 0.0475. The van der Waals surface area contributed by atoms with E-state index in [0.29, 0.717) is 5.25 Å². The summed E-state index contributed by atoms with van der Waals surface area (Å²) in [5.41, 5.74) is 0. The fraction of sp³-hybridized carbons (Fsp3) is 0.857. The molecule has 0 aromatic heterocycles. The molecule has 0 aromatic rings. The molecule has 0 aromatic carbocycles. The predicted molar refractivity (Wildman–Crippen MR) is 80.1 cm³/mol. The van der Waals surface area contributed by atoms with Crippen LogP contribution in [0.15, 0.2) is 0 Å². The van der Waals surface area contributed by atoms with Gasteiger partial charge in [0.15, 0.2) is 0 Å². The van der Waals surface area contributed by atoms with Gasteiger partial charge in [-0.3, -0.25) is 4.79 Å². The number of hydrogen-bond acceptors (Lipinski definition) is 3. The second-order valence-electron chi connectivity index (χ2n) is 5.59. The molecule has 2 amide bonds. The predicted octanol–water partition coefficient (Wildman–Crippen LogP) is 2.26. The van der Waals surface area contributed by atoms with Crippen LogP contribution in [-0.2, 0) is 4.79 Å². The molecule has 114 valence electrons. The summed E-state index contributed by atoms with van der Waals surface area (Å²) in [5.74, 6) is 0.0409. The van der Waals surface area contributed by atoms with E-state index in [9.17, 15) is 9.59 Å². The van der Waals surface area contributed by atoms with Gasteiger partial charge in [0.2, 0.25) is 0 Å². The monoisotopic (exact) mass is 300 g/mol. The Morgan fingerprint density at radius 3 is 2.65 bits per heavy atom. The quantitative estimate of drug-likeness (QED) is 0.865. The van der Waals surface area contributed by atoms with Gasteiger partial charge in [0.05, 0.1) is 0 Å². The maximum atomic E-state index is 12.7. The van der Waals surface area contributed by atoms with Crippen LogP contribution in [0.5, 0.6) is 0 Å². The Hall–Kier alpha value is -0.910. The lowest BCUT2D eigenvalue weighted by Crippen LogP contribution is -2.52. The summed E-state index contributed by atoms with van der Waals surface area (Å²) in [6.07, 6.45) is 5.14. The molecule has 2 aliphatic rings. The molecular weight excluding hydrogens is 276 g/mol. The first-order valence-corrected chi connectivity index (χ1v) is 8.55. The van der Waals surface area contributed by atoms with E-state index in [2.05, 4.69) is 6.92 Å². The largest absolute Gasteiger partial charge is 0.480 e. The third kappa shape index (κ3) is 3.81. The number of amides is 2. The Balaban J connectivity index is 2.02. The molecule has 1 aliphatic carbocycles. The lowest BCUT2D eigenvalue weighted by Gasteiger charge is -2.37. The molecular formula is C14H24N2O3S. The maximum Gasteiger partial charge on any atom is 0.323 e. The first-order chi connectivity index (χ1) is 9.61. The smallest absolute Gasteiger partial charge is 0.323 e. The summed E-state index contributed by atoms with van der Waals surface area (Å²) in [6.45, 7) is 3.47. The first kappa shape index (κ1) is 15.5. The van der Waals surface area contributed by atoms with E-state index >= 15 is 0 Å². The molecule has 1 atom stereocenters. The van der Waals surface area contributed by atoms with Gasteiger partial charge < -0.3 is 14.9 Å². The second-order valence-corrected chi connectivity index (χ2v) is 7.00. The molecule has 1 heterocycles. The summed E-state index contributed by atoms with van der Waals surface area (Å²) in [4.78, 5) is 27.2. The van der Waals surface area contributed by atoms with Crippen LogP contribution in [0.25, 0.3) is 0 Å². The molecule has 1 unspecified atom stereocenters. The average molecular weight is 300 g/mol. The Labute approximate surface area is 124 Å². The van der Waals surface area contributed by atoms with Crippen LogP contribution < -0.4 is 0 Å². The van der Waals surface area contributed by atoms with Crippen molar-refractivity contribution in [3.05, 3.63) is 0 Å². The van der Waals surface area contributed by atoms with E-state index in [1.807, 2.05) is 16.7 Å². The Kier molecular flexibility index (Phi) is 5.57. The molecule has 6 heteroatoms. The maximum absolute atomic E-state index is 12.7. The van der Waals surface area contributed by atoms with Gasteiger partial charge in [0, 0.05) is 30.1 Å². The van der Waals surface area contributed by atoms with Gasteiger partial charge in [0.1, 0.15) is 6.54 Å². The van der Waals surface area contributed by atoms with Crippen LogP contribution in [0, 0.1) is 0 Å². The number of carboxylic acids is 1. The van der Waals surface area contributed by atoms with Gasteiger partial charge >= 0.3 is 12.0 Å². The van der Waals surface area contributed by atoms with Crippen molar-refractivity contribution in [1.29, 1.82) is 0 Å². The molecule has 1 saturated carbocycles. The van der Waals surface area contributed by atoms with E-state index in [0.717, 1.165) is 50.9 Å². The minimum atomic E-state index is -0.913. The van der Waals surface area contributed by atoms with Crippen LogP contribution in [0.2, 0.25) is 0 Å². The van der Waals surface area contributed by atoms with E-state index < -0.39 is 5.97 Å². The molecule has 2 fully saturated rings. The number of urea groups is 1. The minimum Gasteiger partial charge on any atom is -0.480 e. The average Bonchev–Trinajstić information content (AvgIpc) is 2.98. The zero-order valence-electron chi connectivity index (χ0n) is 12.1. The van der Waals surface area contributed by atoms with E-state index in [1.54, 1.807) is 4.90 Å². The van der Waals surface area contributed by atoms with Crippen molar-refractivity contribution >= 4 is 23.8 Å². The molecule has 0 bridgehead atoms. The molecule has 20 heavy (non-hydrogen) atoms. The van der Waals surface area contributed by atoms with Crippen LogP contribution in [-0.4, -0.2) is 63.6 Å². The molecule has 5 nitrogen and oxygen atoms in total. The van der Waals surface area contributed by atoms with Crippen molar-refractivity contribution in [1.82, 2.24) is 9.80 Å². The van der Waals surface area contributed by atoms with Crippen molar-refractivity contribution in [2.24, 2.45) is 0 Å². The number of hydrogen-bond donors (Lipinski definition) is 1. The number of aliphatic carboxylic acids is 1. The van der Waals surface area contributed by atoms with Gasteiger partial charge in [-0.15, -0.1) is 0 Å². The summed E-state index contributed by atoms with van der Waals surface area (Å²) < 4.78 is 0. The third-order valence-electron chi connectivity index (χ3n) is 4.18. The van der Waals surface area contributed by atoms with E-state index in [4.69, 9.17) is 5.11 Å². The lowest BCUT2D eigenvalue weighted by atomic mass is 10.2. The SMILES string of the molecule is CCC1CN(C(=O)N(CC(=O)O)C2CCCC2)CCS1. The molecule has 1 aliphatic heterocycles. The Morgan fingerprint density at radius 1 is 1.35 bits per heavy atom. The summed E-state index contributed by atoms with van der Waals surface area (Å²) in [7, 11) is 0. The van der Waals surface area contributed by atoms with Crippen LogP contribution >= 0.6 is 11.8 Å². The Bertz CT molecular complexity index is 358. The van der Waals surface area contributed by atoms with Crippen molar-refractivity contribution in [3.8, 4) is 0 Å². The van der Waals surface area contributed by atoms with E-state index in [1.165, 1.54) is 0 Å². The number of carbonyl (C=O) groups is 2. The summed E-state index contributed by atoms with van der Waals surface area (Å²) in [5, 5.41) is 9.56. The highest BCUT2D eigenvalue weighted by atomic mass is 32.2. The number of thioether (sulfide) groups is 1. The van der Waals surface area contributed by atoms with Gasteiger partial charge in [-0.2, -0.15) is 11.8 Å². The molecule has 0 radical (unpaired) electrons. The van der Waals surface area contributed by atoms with Gasteiger partial charge in [-0.05, 0) is 19.3 Å². The Morgan fingerprint density at radius 2 is 2.05 bits per heavy atom. The van der Waals surface area contributed by atoms with Gasteiger partial charge in [-0.25, -0.2) is 4.79 Å². The third-order valence-corrected chi connectivity index (χ3v) is 5.55.